The number of aryl methyl sites for hydroxylation is 1. The number of nitrogens with zero attached hydrogens (tertiary/aromatic N) is 1. The van der Waals surface area contributed by atoms with E-state index in [9.17, 15) is 9.59 Å². The van der Waals surface area contributed by atoms with Crippen molar-refractivity contribution >= 4 is 11.9 Å². The fourth-order valence-corrected chi connectivity index (χ4v) is 1.00. The summed E-state index contributed by atoms with van der Waals surface area (Å²) in [5.41, 5.74) is 1.11. The summed E-state index contributed by atoms with van der Waals surface area (Å²) in [4.78, 5) is 26.5. The molecule has 1 aromatic rings. The van der Waals surface area contributed by atoms with Crippen LogP contribution < -0.4 is 5.32 Å². The van der Waals surface area contributed by atoms with Crippen LogP contribution in [-0.2, 0) is 9.53 Å². The molecule has 17 heavy (non-hydrogen) atoms. The van der Waals surface area contributed by atoms with Crippen molar-refractivity contribution in [2.45, 2.75) is 6.92 Å². The molecule has 5 heteroatoms. The minimum Gasteiger partial charge on any atom is -0.452 e. The molecule has 0 atom stereocenters. The van der Waals surface area contributed by atoms with E-state index in [1.165, 1.54) is 6.20 Å². The van der Waals surface area contributed by atoms with Crippen molar-refractivity contribution < 1.29 is 14.3 Å². The SMILES string of the molecule is C#CCNC(=O)COC(=O)c1ccc(C)nc1. The molecule has 0 fully saturated rings. The van der Waals surface area contributed by atoms with E-state index in [4.69, 9.17) is 11.2 Å². The molecule has 0 aliphatic heterocycles. The minimum atomic E-state index is -0.589. The Hall–Kier alpha value is -2.35. The second-order valence-corrected chi connectivity index (χ2v) is 3.25. The fourth-order valence-electron chi connectivity index (χ4n) is 1.00. The first-order valence-electron chi connectivity index (χ1n) is 4.93. The first-order chi connectivity index (χ1) is 8.13. The second kappa shape index (κ2) is 6.28. The van der Waals surface area contributed by atoms with Gasteiger partial charge in [0, 0.05) is 11.9 Å². The van der Waals surface area contributed by atoms with E-state index in [-0.39, 0.29) is 13.2 Å². The number of nitrogens with one attached hydrogen (secondary N) is 1. The maximum atomic E-state index is 11.5. The molecule has 0 saturated heterocycles. The van der Waals surface area contributed by atoms with E-state index in [0.717, 1.165) is 5.69 Å². The van der Waals surface area contributed by atoms with Crippen molar-refractivity contribution in [3.8, 4) is 12.3 Å². The number of hydrogen-bond acceptors (Lipinski definition) is 4. The zero-order valence-corrected chi connectivity index (χ0v) is 9.40. The Labute approximate surface area is 99.2 Å². The van der Waals surface area contributed by atoms with Gasteiger partial charge in [-0.2, -0.15) is 0 Å². The summed E-state index contributed by atoms with van der Waals surface area (Å²) < 4.78 is 4.77. The molecule has 1 amide bonds. The molecule has 0 aliphatic carbocycles. The number of carbonyl (C=O) groups is 2. The first kappa shape index (κ1) is 12.7. The second-order valence-electron chi connectivity index (χ2n) is 3.25. The van der Waals surface area contributed by atoms with Crippen molar-refractivity contribution in [3.05, 3.63) is 29.6 Å². The van der Waals surface area contributed by atoms with Crippen LogP contribution in [0, 0.1) is 19.3 Å². The fraction of sp³-hybridized carbons (Fsp3) is 0.250. The van der Waals surface area contributed by atoms with Gasteiger partial charge in [0.1, 0.15) is 0 Å². The third-order valence-electron chi connectivity index (χ3n) is 1.87. The van der Waals surface area contributed by atoms with Crippen LogP contribution in [0.25, 0.3) is 0 Å². The molecule has 0 aliphatic rings. The number of esters is 1. The summed E-state index contributed by atoms with van der Waals surface area (Å²) in [6.07, 6.45) is 6.36. The van der Waals surface area contributed by atoms with Gasteiger partial charge < -0.3 is 10.1 Å². The molecule has 1 heterocycles. The molecule has 0 bridgehead atoms. The van der Waals surface area contributed by atoms with Crippen LogP contribution >= 0.6 is 0 Å². The van der Waals surface area contributed by atoms with Crippen molar-refractivity contribution in [2.75, 3.05) is 13.2 Å². The van der Waals surface area contributed by atoms with Gasteiger partial charge in [0.15, 0.2) is 6.61 Å². The molecule has 1 aromatic heterocycles. The molecule has 0 saturated carbocycles. The molecular formula is C12H12N2O3. The van der Waals surface area contributed by atoms with E-state index in [1.807, 2.05) is 6.92 Å². The lowest BCUT2D eigenvalue weighted by Gasteiger charge is -2.04. The van der Waals surface area contributed by atoms with Crippen LogP contribution in [-0.4, -0.2) is 30.0 Å². The molecular weight excluding hydrogens is 220 g/mol. The molecule has 88 valence electrons. The molecule has 0 radical (unpaired) electrons. The van der Waals surface area contributed by atoms with Crippen LogP contribution in [0.2, 0.25) is 0 Å². The Kier molecular flexibility index (Phi) is 4.70. The van der Waals surface area contributed by atoms with Gasteiger partial charge in [0.05, 0.1) is 12.1 Å². The summed E-state index contributed by atoms with van der Waals surface area (Å²) >= 11 is 0. The van der Waals surface area contributed by atoms with Gasteiger partial charge in [0.2, 0.25) is 0 Å². The number of aromatic nitrogens is 1. The summed E-state index contributed by atoms with van der Waals surface area (Å²) in [6, 6.07) is 3.28. The predicted molar refractivity (Wildman–Crippen MR) is 61.1 cm³/mol. The van der Waals surface area contributed by atoms with Crippen molar-refractivity contribution in [1.29, 1.82) is 0 Å². The molecule has 0 spiro atoms. The highest BCUT2D eigenvalue weighted by atomic mass is 16.5. The van der Waals surface area contributed by atoms with Gasteiger partial charge in [-0.3, -0.25) is 9.78 Å². The topological polar surface area (TPSA) is 68.3 Å². The zero-order chi connectivity index (χ0) is 12.7. The Bertz CT molecular complexity index is 446. The van der Waals surface area contributed by atoms with Gasteiger partial charge in [-0.15, -0.1) is 6.42 Å². The van der Waals surface area contributed by atoms with E-state index >= 15 is 0 Å². The number of ether oxygens (including phenoxy) is 1. The maximum Gasteiger partial charge on any atom is 0.340 e. The number of carbonyl (C=O) groups excluding carboxylic acids is 2. The third kappa shape index (κ3) is 4.34. The van der Waals surface area contributed by atoms with Gasteiger partial charge in [-0.1, -0.05) is 5.92 Å². The highest BCUT2D eigenvalue weighted by Crippen LogP contribution is 2.01. The highest BCUT2D eigenvalue weighted by Gasteiger charge is 2.09. The number of amides is 1. The molecule has 5 nitrogen and oxygen atoms in total. The number of hydrogen-bond donors (Lipinski definition) is 1. The van der Waals surface area contributed by atoms with Gasteiger partial charge in [-0.25, -0.2) is 4.79 Å². The van der Waals surface area contributed by atoms with E-state index in [0.29, 0.717) is 5.56 Å². The summed E-state index contributed by atoms with van der Waals surface area (Å²) in [6.45, 7) is 1.57. The number of pyridine rings is 1. The first-order valence-corrected chi connectivity index (χ1v) is 4.93. The normalized spacial score (nSPS) is 9.18. The van der Waals surface area contributed by atoms with Crippen LogP contribution in [0.4, 0.5) is 0 Å². The smallest absolute Gasteiger partial charge is 0.340 e. The van der Waals surface area contributed by atoms with Crippen molar-refractivity contribution in [3.63, 3.8) is 0 Å². The number of terminal acetylenes is 1. The Morgan fingerprint density at radius 2 is 2.29 bits per heavy atom. The summed E-state index contributed by atoms with van der Waals surface area (Å²) in [5, 5.41) is 2.38. The Morgan fingerprint density at radius 1 is 1.53 bits per heavy atom. The molecule has 1 N–H and O–H groups in total. The largest absolute Gasteiger partial charge is 0.452 e. The molecule has 0 unspecified atom stereocenters. The predicted octanol–water partition coefficient (Wildman–Crippen LogP) is 0.296. The summed E-state index contributed by atoms with van der Waals surface area (Å²) in [7, 11) is 0. The molecule has 1 rings (SSSR count). The lowest BCUT2D eigenvalue weighted by Crippen LogP contribution is -2.29. The average Bonchev–Trinajstić information content (AvgIpc) is 2.34. The van der Waals surface area contributed by atoms with Gasteiger partial charge in [0.25, 0.3) is 5.91 Å². The van der Waals surface area contributed by atoms with E-state index in [2.05, 4.69) is 16.2 Å². The Balaban J connectivity index is 2.42. The van der Waals surface area contributed by atoms with Crippen LogP contribution in [0.5, 0.6) is 0 Å². The van der Waals surface area contributed by atoms with Gasteiger partial charge in [-0.05, 0) is 19.1 Å². The van der Waals surface area contributed by atoms with Crippen molar-refractivity contribution in [2.24, 2.45) is 0 Å². The summed E-state index contributed by atoms with van der Waals surface area (Å²) in [5.74, 6) is 1.22. The van der Waals surface area contributed by atoms with E-state index < -0.39 is 11.9 Å². The van der Waals surface area contributed by atoms with Gasteiger partial charge >= 0.3 is 5.97 Å². The third-order valence-corrected chi connectivity index (χ3v) is 1.87. The molecule has 0 aromatic carbocycles. The van der Waals surface area contributed by atoms with Crippen LogP contribution in [0.3, 0.4) is 0 Å². The zero-order valence-electron chi connectivity index (χ0n) is 9.40. The minimum absolute atomic E-state index is 0.114. The quantitative estimate of drug-likeness (QED) is 0.598. The number of rotatable bonds is 4. The average molecular weight is 232 g/mol. The monoisotopic (exact) mass is 232 g/mol. The Morgan fingerprint density at radius 3 is 2.88 bits per heavy atom. The van der Waals surface area contributed by atoms with Crippen LogP contribution in [0.1, 0.15) is 16.1 Å². The maximum absolute atomic E-state index is 11.5. The van der Waals surface area contributed by atoms with Crippen LogP contribution in [0.15, 0.2) is 18.3 Å². The highest BCUT2D eigenvalue weighted by molar-refractivity contribution is 5.91. The standard InChI is InChI=1S/C12H12N2O3/c1-3-6-13-11(15)8-17-12(16)10-5-4-9(2)14-7-10/h1,4-5,7H,6,8H2,2H3,(H,13,15). The van der Waals surface area contributed by atoms with Crippen molar-refractivity contribution in [1.82, 2.24) is 10.3 Å². The lowest BCUT2D eigenvalue weighted by atomic mass is 10.2. The lowest BCUT2D eigenvalue weighted by molar-refractivity contribution is -0.123. The van der Waals surface area contributed by atoms with E-state index in [1.54, 1.807) is 12.1 Å².